The summed E-state index contributed by atoms with van der Waals surface area (Å²) in [7, 11) is 0. The Balaban J connectivity index is 4.34. The summed E-state index contributed by atoms with van der Waals surface area (Å²) < 4.78 is 16.8. The Kier molecular flexibility index (Phi) is 60.0. The highest BCUT2D eigenvalue weighted by Crippen LogP contribution is 2.13. The van der Waals surface area contributed by atoms with E-state index in [4.69, 9.17) is 14.2 Å². The van der Waals surface area contributed by atoms with Crippen molar-refractivity contribution in [1.29, 1.82) is 0 Å². The molecule has 0 aliphatic heterocycles. The van der Waals surface area contributed by atoms with Crippen LogP contribution < -0.4 is 0 Å². The molecule has 0 aliphatic carbocycles. The zero-order valence-electron chi connectivity index (χ0n) is 49.9. The lowest BCUT2D eigenvalue weighted by molar-refractivity contribution is -0.167. The van der Waals surface area contributed by atoms with E-state index in [2.05, 4.69) is 191 Å². The number of hydrogen-bond donors (Lipinski definition) is 0. The lowest BCUT2D eigenvalue weighted by Gasteiger charge is -2.18. The first kappa shape index (κ1) is 72.8. The van der Waals surface area contributed by atoms with Crippen LogP contribution in [0.3, 0.4) is 0 Å². The van der Waals surface area contributed by atoms with Crippen molar-refractivity contribution in [2.45, 2.75) is 252 Å². The molecule has 0 rings (SSSR count). The summed E-state index contributed by atoms with van der Waals surface area (Å²) in [4.78, 5) is 38.1. The molecule has 436 valence electrons. The van der Waals surface area contributed by atoms with Gasteiger partial charge in [-0.2, -0.15) is 0 Å². The normalized spacial score (nSPS) is 13.3. The van der Waals surface area contributed by atoms with Crippen LogP contribution in [0, 0.1) is 0 Å². The van der Waals surface area contributed by atoms with Gasteiger partial charge in [-0.1, -0.05) is 262 Å². The van der Waals surface area contributed by atoms with Crippen LogP contribution in [0.15, 0.2) is 170 Å². The third-order valence-corrected chi connectivity index (χ3v) is 12.5. The summed E-state index contributed by atoms with van der Waals surface area (Å²) in [5.74, 6) is -0.969. The first-order chi connectivity index (χ1) is 38.5. The number of esters is 3. The molecule has 0 N–H and O–H groups in total. The number of unbranched alkanes of at least 4 members (excludes halogenated alkanes) is 15. The monoisotopic (exact) mass is 1070 g/mol. The number of ether oxygens (including phenoxy) is 3. The van der Waals surface area contributed by atoms with E-state index < -0.39 is 6.10 Å². The first-order valence-corrected chi connectivity index (χ1v) is 31.1. The molecule has 6 nitrogen and oxygen atoms in total. The van der Waals surface area contributed by atoms with Crippen LogP contribution in [0.1, 0.15) is 245 Å². The SMILES string of the molecule is CC/C=C\C/C=C\C/C=C\C/C=C\C/C=C\C/C=C\C/C=C\C/C=C\C/C=C\CCCCCC(=O)OCC(COC(=O)CCCCCCCCCC)OC(=O)CCCCCCC/C=C\C/C=C\C/C=C\C/C=C\C/C=C\CC. The fraction of sp³-hybridized carbons (Fsp3) is 0.569. The molecular weight excluding hydrogens is 961 g/mol. The number of rotatable bonds is 54. The number of carbonyl (C=O) groups is 3. The minimum atomic E-state index is -0.809. The molecule has 6 heteroatoms. The highest BCUT2D eigenvalue weighted by molar-refractivity contribution is 5.71. The van der Waals surface area contributed by atoms with Gasteiger partial charge in [0.05, 0.1) is 0 Å². The maximum absolute atomic E-state index is 12.9. The standard InChI is InChI=1S/C72H112O6/c1-4-7-10-13-16-19-21-23-25-27-29-31-32-33-34-35-36-37-38-39-40-42-43-45-47-49-51-53-56-59-62-65-71(74)77-68-69(67-76-70(73)64-61-58-55-18-15-12-9-6-3)78-72(75)66-63-60-57-54-52-50-48-46-44-41-30-28-26-24-22-20-17-14-11-8-5-2/h7-8,10-11,16-17,19-20,23-26,29-31,33-34,36-37,39-41,43,45-46,48-49,51,69H,4-6,9,12-15,18,21-22,27-28,32,35,38,42,44,47,50,52-68H2,1-3H3/b10-7-,11-8-,19-16-,20-17-,25-23-,26-24-,31-29-,34-33-,37-36-,40-39-,41-30-,45-43-,48-46-,51-49-. The molecule has 0 fully saturated rings. The Morgan fingerprint density at radius 2 is 0.500 bits per heavy atom. The van der Waals surface area contributed by atoms with Gasteiger partial charge in [-0.15, -0.1) is 0 Å². The largest absolute Gasteiger partial charge is 0.462 e. The summed E-state index contributed by atoms with van der Waals surface area (Å²) >= 11 is 0. The van der Waals surface area contributed by atoms with E-state index >= 15 is 0 Å². The highest BCUT2D eigenvalue weighted by atomic mass is 16.6. The Bertz CT molecular complexity index is 1810. The van der Waals surface area contributed by atoms with E-state index in [0.717, 1.165) is 173 Å². The van der Waals surface area contributed by atoms with Crippen LogP contribution in [0.25, 0.3) is 0 Å². The van der Waals surface area contributed by atoms with Gasteiger partial charge in [0.2, 0.25) is 0 Å². The second-order valence-corrected chi connectivity index (χ2v) is 19.9. The van der Waals surface area contributed by atoms with E-state index in [1.54, 1.807) is 0 Å². The Hall–Kier alpha value is -5.23. The predicted molar refractivity (Wildman–Crippen MR) is 338 cm³/mol. The molecule has 1 atom stereocenters. The van der Waals surface area contributed by atoms with Crippen molar-refractivity contribution in [1.82, 2.24) is 0 Å². The van der Waals surface area contributed by atoms with Crippen LogP contribution in [0.5, 0.6) is 0 Å². The summed E-state index contributed by atoms with van der Waals surface area (Å²) in [6.07, 6.45) is 95.1. The summed E-state index contributed by atoms with van der Waals surface area (Å²) in [6, 6.07) is 0. The minimum absolute atomic E-state index is 0.103. The number of hydrogen-bond acceptors (Lipinski definition) is 6. The fourth-order valence-electron chi connectivity index (χ4n) is 7.87. The second kappa shape index (κ2) is 64.3. The molecule has 78 heavy (non-hydrogen) atoms. The average molecular weight is 1070 g/mol. The molecule has 0 amide bonds. The summed E-state index contributed by atoms with van der Waals surface area (Å²) in [6.45, 7) is 6.32. The van der Waals surface area contributed by atoms with Gasteiger partial charge in [-0.05, 0) is 135 Å². The van der Waals surface area contributed by atoms with Crippen LogP contribution in [-0.4, -0.2) is 37.2 Å². The van der Waals surface area contributed by atoms with Crippen LogP contribution in [-0.2, 0) is 28.6 Å². The molecule has 0 aromatic rings. The maximum atomic E-state index is 12.9. The van der Waals surface area contributed by atoms with Crippen molar-refractivity contribution >= 4 is 17.9 Å². The third kappa shape index (κ3) is 61.6. The number of allylic oxidation sites excluding steroid dienone is 28. The van der Waals surface area contributed by atoms with E-state index in [0.29, 0.717) is 19.3 Å². The predicted octanol–water partition coefficient (Wildman–Crippen LogP) is 21.5. The molecule has 0 saturated heterocycles. The van der Waals surface area contributed by atoms with Crippen molar-refractivity contribution in [3.05, 3.63) is 170 Å². The van der Waals surface area contributed by atoms with Gasteiger partial charge >= 0.3 is 17.9 Å². The molecule has 0 aliphatic rings. The van der Waals surface area contributed by atoms with Crippen LogP contribution in [0.4, 0.5) is 0 Å². The molecule has 0 aromatic heterocycles. The minimum Gasteiger partial charge on any atom is -0.462 e. The third-order valence-electron chi connectivity index (χ3n) is 12.5. The van der Waals surface area contributed by atoms with Crippen molar-refractivity contribution < 1.29 is 28.6 Å². The van der Waals surface area contributed by atoms with Gasteiger partial charge in [-0.3, -0.25) is 14.4 Å². The van der Waals surface area contributed by atoms with Gasteiger partial charge in [-0.25, -0.2) is 0 Å². The van der Waals surface area contributed by atoms with Crippen molar-refractivity contribution in [3.63, 3.8) is 0 Å². The molecule has 1 unspecified atom stereocenters. The Morgan fingerprint density at radius 3 is 0.795 bits per heavy atom. The quantitative estimate of drug-likeness (QED) is 0.0261. The van der Waals surface area contributed by atoms with E-state index in [1.165, 1.54) is 32.1 Å². The molecule has 0 aromatic carbocycles. The molecule has 0 radical (unpaired) electrons. The molecule has 0 heterocycles. The molecule has 0 saturated carbocycles. The smallest absolute Gasteiger partial charge is 0.306 e. The van der Waals surface area contributed by atoms with Crippen molar-refractivity contribution in [2.75, 3.05) is 13.2 Å². The highest BCUT2D eigenvalue weighted by Gasteiger charge is 2.19. The van der Waals surface area contributed by atoms with Gasteiger partial charge in [0.15, 0.2) is 6.10 Å². The Morgan fingerprint density at radius 1 is 0.269 bits per heavy atom. The Labute approximate surface area is 479 Å². The van der Waals surface area contributed by atoms with E-state index in [1.807, 2.05) is 0 Å². The first-order valence-electron chi connectivity index (χ1n) is 31.1. The van der Waals surface area contributed by atoms with Crippen LogP contribution >= 0.6 is 0 Å². The second-order valence-electron chi connectivity index (χ2n) is 19.9. The van der Waals surface area contributed by atoms with Crippen molar-refractivity contribution in [3.8, 4) is 0 Å². The maximum Gasteiger partial charge on any atom is 0.306 e. The topological polar surface area (TPSA) is 78.9 Å². The van der Waals surface area contributed by atoms with Gasteiger partial charge in [0.25, 0.3) is 0 Å². The lowest BCUT2D eigenvalue weighted by Crippen LogP contribution is -2.30. The van der Waals surface area contributed by atoms with Gasteiger partial charge in [0, 0.05) is 19.3 Å². The summed E-state index contributed by atoms with van der Waals surface area (Å²) in [5.41, 5.74) is 0. The zero-order valence-corrected chi connectivity index (χ0v) is 49.9. The van der Waals surface area contributed by atoms with E-state index in [9.17, 15) is 14.4 Å². The molecular formula is C72H112O6. The fourth-order valence-corrected chi connectivity index (χ4v) is 7.87. The van der Waals surface area contributed by atoms with E-state index in [-0.39, 0.29) is 31.1 Å². The van der Waals surface area contributed by atoms with Gasteiger partial charge < -0.3 is 14.2 Å². The average Bonchev–Trinajstić information content (AvgIpc) is 3.44. The lowest BCUT2D eigenvalue weighted by atomic mass is 10.1. The summed E-state index contributed by atoms with van der Waals surface area (Å²) in [5, 5.41) is 0. The van der Waals surface area contributed by atoms with Gasteiger partial charge in [0.1, 0.15) is 13.2 Å². The molecule has 0 bridgehead atoms. The zero-order chi connectivity index (χ0) is 56.4. The van der Waals surface area contributed by atoms with Crippen LogP contribution in [0.2, 0.25) is 0 Å². The van der Waals surface area contributed by atoms with Crippen molar-refractivity contribution in [2.24, 2.45) is 0 Å². The number of carbonyl (C=O) groups excluding carboxylic acids is 3. The molecule has 0 spiro atoms.